The molecule has 0 saturated carbocycles. The Kier molecular flexibility index (Phi) is 9.20. The van der Waals surface area contributed by atoms with E-state index in [4.69, 9.17) is 0 Å². The van der Waals surface area contributed by atoms with Gasteiger partial charge in [-0.3, -0.25) is 0 Å². The zero-order valence-electron chi connectivity index (χ0n) is 32.3. The summed E-state index contributed by atoms with van der Waals surface area (Å²) in [4.78, 5) is 4.88. The van der Waals surface area contributed by atoms with Crippen molar-refractivity contribution >= 4 is 44.9 Å². The normalized spacial score (nSPS) is 12.0. The second-order valence-corrected chi connectivity index (χ2v) is 16.5. The fourth-order valence-electron chi connectivity index (χ4n) is 7.26. The molecule has 0 amide bonds. The van der Waals surface area contributed by atoms with Gasteiger partial charge in [0.1, 0.15) is 0 Å². The third-order valence-electron chi connectivity index (χ3n) is 10.0. The van der Waals surface area contributed by atoms with Gasteiger partial charge in [0.15, 0.2) is 0 Å². The Morgan fingerprint density at radius 3 is 1.14 bits per heavy atom. The van der Waals surface area contributed by atoms with Crippen LogP contribution in [0.1, 0.15) is 86.1 Å². The highest BCUT2D eigenvalue weighted by Crippen LogP contribution is 2.44. The van der Waals surface area contributed by atoms with E-state index in [0.717, 1.165) is 17.1 Å². The van der Waals surface area contributed by atoms with Crippen LogP contribution in [0.5, 0.6) is 0 Å². The van der Waals surface area contributed by atoms with Crippen LogP contribution in [0, 0.1) is 41.5 Å². The first-order valence-corrected chi connectivity index (χ1v) is 18.0. The molecule has 2 nitrogen and oxygen atoms in total. The quantitative estimate of drug-likeness (QED) is 0.176. The fourth-order valence-corrected chi connectivity index (χ4v) is 7.26. The summed E-state index contributed by atoms with van der Waals surface area (Å²) in [6.07, 6.45) is 0. The van der Waals surface area contributed by atoms with Gasteiger partial charge in [-0.2, -0.15) is 0 Å². The number of fused-ring (bicyclic) bond motifs is 1. The predicted molar refractivity (Wildman–Crippen MR) is 219 cm³/mol. The molecule has 6 aromatic rings. The molecule has 6 rings (SSSR count). The minimum atomic E-state index is 0.0844. The molecule has 0 N–H and O–H groups in total. The topological polar surface area (TPSA) is 6.48 Å². The smallest absolute Gasteiger partial charge is 0.0520 e. The summed E-state index contributed by atoms with van der Waals surface area (Å²) in [5, 5.41) is 2.43. The van der Waals surface area contributed by atoms with Gasteiger partial charge >= 0.3 is 0 Å². The summed E-state index contributed by atoms with van der Waals surface area (Å²) in [6, 6.07) is 41.1. The Labute approximate surface area is 301 Å². The lowest BCUT2D eigenvalue weighted by Gasteiger charge is -2.32. The Morgan fingerprint density at radius 2 is 0.740 bits per heavy atom. The average molecular weight is 659 g/mol. The minimum absolute atomic E-state index is 0.0844. The van der Waals surface area contributed by atoms with E-state index >= 15 is 0 Å². The first kappa shape index (κ1) is 35.0. The number of rotatable bonds is 6. The summed E-state index contributed by atoms with van der Waals surface area (Å²) in [5.74, 6) is 0. The highest BCUT2D eigenvalue weighted by molar-refractivity contribution is 5.94. The van der Waals surface area contributed by atoms with E-state index in [0.29, 0.717) is 0 Å². The largest absolute Gasteiger partial charge is 0.310 e. The Balaban J connectivity index is 1.50. The lowest BCUT2D eigenvalue weighted by atomic mass is 9.84. The Bertz CT molecular complexity index is 2140. The maximum atomic E-state index is 2.44. The molecule has 0 unspecified atom stereocenters. The molecule has 0 aliphatic rings. The van der Waals surface area contributed by atoms with Crippen LogP contribution in [0.25, 0.3) is 10.8 Å². The highest BCUT2D eigenvalue weighted by Gasteiger charge is 2.24. The van der Waals surface area contributed by atoms with Crippen LogP contribution < -0.4 is 9.80 Å². The standard InChI is InChI=1S/C48H54N2/c1-31-16-20-41(21-17-31)49(45-33(3)25-39(26-34(45)4)47(7,8)9)43-22-18-38-30-44(23-19-37(38)29-43)50(42-15-13-14-32(2)24-42)46-35(5)27-40(28-36(46)6)48(10,11)12/h13-30H,1-12H3. The van der Waals surface area contributed by atoms with Crippen molar-refractivity contribution < 1.29 is 0 Å². The van der Waals surface area contributed by atoms with Crippen molar-refractivity contribution in [3.05, 3.63) is 154 Å². The molecule has 0 atom stereocenters. The van der Waals surface area contributed by atoms with Gasteiger partial charge in [0.05, 0.1) is 11.4 Å². The number of benzene rings is 6. The van der Waals surface area contributed by atoms with Crippen molar-refractivity contribution in [3.8, 4) is 0 Å². The number of hydrogen-bond acceptors (Lipinski definition) is 2. The van der Waals surface area contributed by atoms with E-state index < -0.39 is 0 Å². The van der Waals surface area contributed by atoms with E-state index in [1.54, 1.807) is 0 Å². The number of anilines is 6. The van der Waals surface area contributed by atoms with Gasteiger partial charge < -0.3 is 9.80 Å². The van der Waals surface area contributed by atoms with E-state index in [2.05, 4.69) is 202 Å². The molecule has 0 heterocycles. The Morgan fingerprint density at radius 1 is 0.360 bits per heavy atom. The first-order chi connectivity index (χ1) is 23.5. The maximum Gasteiger partial charge on any atom is 0.0520 e. The molecular formula is C48H54N2. The molecule has 0 aromatic heterocycles. The van der Waals surface area contributed by atoms with Crippen LogP contribution in [-0.4, -0.2) is 0 Å². The maximum absolute atomic E-state index is 2.44. The lowest BCUT2D eigenvalue weighted by molar-refractivity contribution is 0.589. The lowest BCUT2D eigenvalue weighted by Crippen LogP contribution is -2.17. The van der Waals surface area contributed by atoms with Crippen LogP contribution >= 0.6 is 0 Å². The van der Waals surface area contributed by atoms with E-state index in [1.807, 2.05) is 0 Å². The van der Waals surface area contributed by atoms with Gasteiger partial charge in [-0.15, -0.1) is 0 Å². The van der Waals surface area contributed by atoms with Gasteiger partial charge in [0, 0.05) is 22.7 Å². The Hall–Kier alpha value is -4.82. The minimum Gasteiger partial charge on any atom is -0.310 e. The molecule has 50 heavy (non-hydrogen) atoms. The van der Waals surface area contributed by atoms with Crippen molar-refractivity contribution in [2.75, 3.05) is 9.80 Å². The van der Waals surface area contributed by atoms with Gasteiger partial charge in [0.2, 0.25) is 0 Å². The zero-order valence-corrected chi connectivity index (χ0v) is 32.3. The third kappa shape index (κ3) is 6.94. The van der Waals surface area contributed by atoms with Crippen LogP contribution in [0.15, 0.2) is 109 Å². The van der Waals surface area contributed by atoms with Gasteiger partial charge in [0.25, 0.3) is 0 Å². The summed E-state index contributed by atoms with van der Waals surface area (Å²) < 4.78 is 0. The van der Waals surface area contributed by atoms with Crippen LogP contribution in [0.3, 0.4) is 0 Å². The summed E-state index contributed by atoms with van der Waals surface area (Å²) in [6.45, 7) is 27.1. The molecule has 0 bridgehead atoms. The summed E-state index contributed by atoms with van der Waals surface area (Å²) >= 11 is 0. The van der Waals surface area contributed by atoms with Crippen molar-refractivity contribution in [2.24, 2.45) is 0 Å². The monoisotopic (exact) mass is 658 g/mol. The second-order valence-electron chi connectivity index (χ2n) is 16.5. The molecule has 256 valence electrons. The van der Waals surface area contributed by atoms with Crippen molar-refractivity contribution in [1.82, 2.24) is 0 Å². The molecule has 6 aromatic carbocycles. The molecule has 0 fully saturated rings. The van der Waals surface area contributed by atoms with Crippen molar-refractivity contribution in [3.63, 3.8) is 0 Å². The summed E-state index contributed by atoms with van der Waals surface area (Å²) in [7, 11) is 0. The predicted octanol–water partition coefficient (Wildman–Crippen LogP) is 14.2. The van der Waals surface area contributed by atoms with Crippen LogP contribution in [0.2, 0.25) is 0 Å². The van der Waals surface area contributed by atoms with Crippen molar-refractivity contribution in [1.29, 1.82) is 0 Å². The van der Waals surface area contributed by atoms with Crippen molar-refractivity contribution in [2.45, 2.75) is 93.9 Å². The molecule has 0 spiro atoms. The van der Waals surface area contributed by atoms with Crippen LogP contribution in [0.4, 0.5) is 34.1 Å². The summed E-state index contributed by atoms with van der Waals surface area (Å²) in [5.41, 5.74) is 17.7. The van der Waals surface area contributed by atoms with Gasteiger partial charge in [-0.1, -0.05) is 108 Å². The zero-order chi connectivity index (χ0) is 36.1. The van der Waals surface area contributed by atoms with E-state index in [9.17, 15) is 0 Å². The second kappa shape index (κ2) is 13.1. The van der Waals surface area contributed by atoms with Gasteiger partial charge in [-0.25, -0.2) is 0 Å². The number of aryl methyl sites for hydroxylation is 6. The van der Waals surface area contributed by atoms with E-state index in [-0.39, 0.29) is 10.8 Å². The average Bonchev–Trinajstić information content (AvgIpc) is 3.03. The highest BCUT2D eigenvalue weighted by atomic mass is 15.2. The van der Waals surface area contributed by atoms with E-state index in [1.165, 1.54) is 72.3 Å². The number of hydrogen-bond donors (Lipinski definition) is 0. The van der Waals surface area contributed by atoms with Crippen LogP contribution in [-0.2, 0) is 10.8 Å². The molecular weight excluding hydrogens is 605 g/mol. The first-order valence-electron chi connectivity index (χ1n) is 18.0. The molecule has 0 saturated heterocycles. The SMILES string of the molecule is Cc1ccc(N(c2ccc3cc(N(c4cccc(C)c4)c4c(C)cc(C(C)(C)C)cc4C)ccc3c2)c2c(C)cc(C(C)(C)C)cc2C)cc1. The molecule has 0 radical (unpaired) electrons. The van der Waals surface area contributed by atoms with Gasteiger partial charge in [-0.05, 0) is 151 Å². The molecule has 0 aliphatic carbocycles. The third-order valence-corrected chi connectivity index (χ3v) is 10.0. The molecule has 2 heteroatoms. The number of nitrogens with zero attached hydrogens (tertiary/aromatic N) is 2. The molecule has 0 aliphatic heterocycles. The fraction of sp³-hybridized carbons (Fsp3) is 0.292.